The number of benzene rings is 1. The highest BCUT2D eigenvalue weighted by Gasteiger charge is 2.21. The Morgan fingerprint density at radius 1 is 1.55 bits per heavy atom. The van der Waals surface area contributed by atoms with Crippen molar-refractivity contribution in [2.45, 2.75) is 17.5 Å². The topological polar surface area (TPSA) is 112 Å². The minimum atomic E-state index is -0.451. The number of hydrogen-bond acceptors (Lipinski definition) is 7. The summed E-state index contributed by atoms with van der Waals surface area (Å²) in [5, 5.41) is 17.8. The van der Waals surface area contributed by atoms with Crippen molar-refractivity contribution < 1.29 is 14.4 Å². The van der Waals surface area contributed by atoms with E-state index in [1.807, 2.05) is 0 Å². The van der Waals surface area contributed by atoms with Crippen molar-refractivity contribution in [1.29, 1.82) is 0 Å². The summed E-state index contributed by atoms with van der Waals surface area (Å²) in [6, 6.07) is 2.93. The van der Waals surface area contributed by atoms with Gasteiger partial charge in [0.05, 0.1) is 11.5 Å². The summed E-state index contributed by atoms with van der Waals surface area (Å²) in [6.45, 7) is 0.388. The van der Waals surface area contributed by atoms with E-state index in [2.05, 4.69) is 10.2 Å². The van der Waals surface area contributed by atoms with Crippen LogP contribution in [0.25, 0.3) is 0 Å². The van der Waals surface area contributed by atoms with Crippen LogP contribution in [0.4, 0.5) is 5.69 Å². The fourth-order valence-corrected chi connectivity index (χ4v) is 2.98. The number of aromatic nitrogens is 3. The van der Waals surface area contributed by atoms with Gasteiger partial charge >= 0.3 is 5.69 Å². The zero-order chi connectivity index (χ0) is 15.7. The molecule has 1 N–H and O–H groups in total. The second-order valence-electron chi connectivity index (χ2n) is 4.62. The molecule has 116 valence electrons. The second kappa shape index (κ2) is 5.81. The van der Waals surface area contributed by atoms with Crippen LogP contribution in [0, 0.1) is 10.1 Å². The van der Waals surface area contributed by atoms with Gasteiger partial charge in [0.25, 0.3) is 5.69 Å². The molecule has 0 unspecified atom stereocenters. The molecule has 10 heteroatoms. The molecule has 0 atom stereocenters. The van der Waals surface area contributed by atoms with E-state index >= 15 is 0 Å². The summed E-state index contributed by atoms with van der Waals surface area (Å²) < 4.78 is 12.0. The Hall–Kier alpha value is -2.33. The Labute approximate surface area is 128 Å². The van der Waals surface area contributed by atoms with Gasteiger partial charge in [0, 0.05) is 36.1 Å². The fourth-order valence-electron chi connectivity index (χ4n) is 2.10. The van der Waals surface area contributed by atoms with Crippen LogP contribution in [0.3, 0.4) is 0 Å². The third-order valence-electron chi connectivity index (χ3n) is 3.18. The number of nitrogens with zero attached hydrogens (tertiary/aromatic N) is 3. The average Bonchev–Trinajstić information content (AvgIpc) is 2.84. The number of hydrogen-bond donors (Lipinski definition) is 1. The molecule has 0 saturated carbocycles. The SMILES string of the molecule is Cn1c(SCc2cc([N+](=O)[O-])cc3c2OCOC3)n[nH]c1=O. The number of ether oxygens (including phenoxy) is 2. The van der Waals surface area contributed by atoms with E-state index in [-0.39, 0.29) is 24.8 Å². The predicted molar refractivity (Wildman–Crippen MR) is 76.8 cm³/mol. The fraction of sp³-hybridized carbons (Fsp3) is 0.333. The first-order valence-electron chi connectivity index (χ1n) is 6.31. The van der Waals surface area contributed by atoms with Gasteiger partial charge in [-0.2, -0.15) is 0 Å². The Kier molecular flexibility index (Phi) is 3.86. The molecule has 2 aromatic rings. The highest BCUT2D eigenvalue weighted by atomic mass is 32.2. The Morgan fingerprint density at radius 2 is 2.36 bits per heavy atom. The summed E-state index contributed by atoms with van der Waals surface area (Å²) >= 11 is 1.29. The van der Waals surface area contributed by atoms with E-state index in [4.69, 9.17) is 9.47 Å². The molecule has 0 amide bonds. The predicted octanol–water partition coefficient (Wildman–Crippen LogP) is 1.18. The molecule has 3 rings (SSSR count). The molecule has 0 saturated heterocycles. The number of rotatable bonds is 4. The first-order chi connectivity index (χ1) is 10.6. The standard InChI is InChI=1S/C12H12N4O5S/c1-15-11(17)13-14-12(15)22-5-8-3-9(16(18)19)2-7-4-20-6-21-10(7)8/h2-3H,4-6H2,1H3,(H,13,17). The van der Waals surface area contributed by atoms with Gasteiger partial charge in [-0.15, -0.1) is 5.10 Å². The largest absolute Gasteiger partial charge is 0.467 e. The molecular formula is C12H12N4O5S. The maximum atomic E-state index is 11.3. The summed E-state index contributed by atoms with van der Waals surface area (Å²) in [4.78, 5) is 21.9. The van der Waals surface area contributed by atoms with Gasteiger partial charge in [-0.1, -0.05) is 11.8 Å². The van der Waals surface area contributed by atoms with E-state index in [1.165, 1.54) is 28.5 Å². The molecule has 22 heavy (non-hydrogen) atoms. The molecule has 1 aliphatic rings. The highest BCUT2D eigenvalue weighted by Crippen LogP contribution is 2.35. The third kappa shape index (κ3) is 2.70. The lowest BCUT2D eigenvalue weighted by atomic mass is 10.1. The number of non-ortho nitro benzene ring substituents is 1. The summed E-state index contributed by atoms with van der Waals surface area (Å²) in [5.41, 5.74) is 0.993. The minimum Gasteiger partial charge on any atom is -0.467 e. The number of aromatic amines is 1. The van der Waals surface area contributed by atoms with Crippen molar-refractivity contribution in [2.75, 3.05) is 6.79 Å². The van der Waals surface area contributed by atoms with Crippen molar-refractivity contribution in [2.24, 2.45) is 7.05 Å². The van der Waals surface area contributed by atoms with E-state index < -0.39 is 4.92 Å². The minimum absolute atomic E-state index is 0.0145. The number of H-pyrrole nitrogens is 1. The van der Waals surface area contributed by atoms with Crippen LogP contribution in [0.2, 0.25) is 0 Å². The highest BCUT2D eigenvalue weighted by molar-refractivity contribution is 7.98. The van der Waals surface area contributed by atoms with Crippen molar-refractivity contribution in [3.05, 3.63) is 43.9 Å². The van der Waals surface area contributed by atoms with Gasteiger partial charge < -0.3 is 9.47 Å². The lowest BCUT2D eigenvalue weighted by Crippen LogP contribution is -2.14. The summed E-state index contributed by atoms with van der Waals surface area (Å²) in [7, 11) is 1.60. The maximum Gasteiger partial charge on any atom is 0.343 e. The molecule has 0 bridgehead atoms. The Balaban J connectivity index is 1.91. The van der Waals surface area contributed by atoms with Crippen LogP contribution in [0.1, 0.15) is 11.1 Å². The first-order valence-corrected chi connectivity index (χ1v) is 7.29. The maximum absolute atomic E-state index is 11.3. The van der Waals surface area contributed by atoms with Crippen molar-refractivity contribution >= 4 is 17.4 Å². The number of thioether (sulfide) groups is 1. The van der Waals surface area contributed by atoms with E-state index in [1.54, 1.807) is 7.05 Å². The van der Waals surface area contributed by atoms with Gasteiger partial charge in [-0.3, -0.25) is 14.7 Å². The van der Waals surface area contributed by atoms with Crippen molar-refractivity contribution in [3.63, 3.8) is 0 Å². The normalized spacial score (nSPS) is 13.5. The second-order valence-corrected chi connectivity index (χ2v) is 5.56. The Bertz CT molecular complexity index is 784. The van der Waals surface area contributed by atoms with Gasteiger partial charge in [0.2, 0.25) is 0 Å². The quantitative estimate of drug-likeness (QED) is 0.510. The van der Waals surface area contributed by atoms with Crippen LogP contribution in [-0.2, 0) is 24.1 Å². The Morgan fingerprint density at radius 3 is 3.05 bits per heavy atom. The van der Waals surface area contributed by atoms with Crippen LogP contribution in [-0.4, -0.2) is 26.5 Å². The number of nitro groups is 1. The smallest absolute Gasteiger partial charge is 0.343 e. The van der Waals surface area contributed by atoms with Gasteiger partial charge in [0.1, 0.15) is 5.75 Å². The van der Waals surface area contributed by atoms with Crippen LogP contribution < -0.4 is 10.4 Å². The lowest BCUT2D eigenvalue weighted by molar-refractivity contribution is -0.385. The van der Waals surface area contributed by atoms with Crippen LogP contribution in [0.15, 0.2) is 22.1 Å². The molecule has 1 aliphatic heterocycles. The molecule has 0 radical (unpaired) electrons. The molecule has 0 fully saturated rings. The molecule has 1 aromatic carbocycles. The molecule has 2 heterocycles. The summed E-state index contributed by atoms with van der Waals surface area (Å²) in [5.74, 6) is 0.993. The number of nitro benzene ring substituents is 1. The van der Waals surface area contributed by atoms with Crippen molar-refractivity contribution in [1.82, 2.24) is 14.8 Å². The van der Waals surface area contributed by atoms with Gasteiger partial charge in [0.15, 0.2) is 11.9 Å². The molecular weight excluding hydrogens is 312 g/mol. The zero-order valence-corrected chi connectivity index (χ0v) is 12.4. The van der Waals surface area contributed by atoms with Crippen LogP contribution in [0.5, 0.6) is 5.75 Å². The third-order valence-corrected chi connectivity index (χ3v) is 4.26. The molecule has 1 aromatic heterocycles. The van der Waals surface area contributed by atoms with E-state index in [9.17, 15) is 14.9 Å². The van der Waals surface area contributed by atoms with E-state index in [0.717, 1.165) is 0 Å². The average molecular weight is 324 g/mol. The number of fused-ring (bicyclic) bond motifs is 1. The van der Waals surface area contributed by atoms with Crippen LogP contribution >= 0.6 is 11.8 Å². The lowest BCUT2D eigenvalue weighted by Gasteiger charge is -2.20. The zero-order valence-electron chi connectivity index (χ0n) is 11.6. The monoisotopic (exact) mass is 324 g/mol. The molecule has 0 spiro atoms. The number of nitrogens with one attached hydrogen (secondary N) is 1. The van der Waals surface area contributed by atoms with Gasteiger partial charge in [-0.25, -0.2) is 9.89 Å². The molecule has 9 nitrogen and oxygen atoms in total. The first kappa shape index (κ1) is 14.6. The van der Waals surface area contributed by atoms with E-state index in [0.29, 0.717) is 27.8 Å². The van der Waals surface area contributed by atoms with Gasteiger partial charge in [-0.05, 0) is 0 Å². The molecule has 0 aliphatic carbocycles. The van der Waals surface area contributed by atoms with Crippen molar-refractivity contribution in [3.8, 4) is 5.75 Å². The summed E-state index contributed by atoms with van der Waals surface area (Å²) in [6.07, 6.45) is 0.